The Morgan fingerprint density at radius 1 is 1.41 bits per heavy atom. The number of pyridine rings is 1. The lowest BCUT2D eigenvalue weighted by atomic mass is 9.65. The molecule has 0 aromatic carbocycles. The van der Waals surface area contributed by atoms with Crippen molar-refractivity contribution in [3.8, 4) is 0 Å². The molecule has 2 nitrogen and oxygen atoms in total. The Morgan fingerprint density at radius 3 is 2.88 bits per heavy atom. The predicted octanol–water partition coefficient (Wildman–Crippen LogP) is 3.10. The van der Waals surface area contributed by atoms with Crippen LogP contribution in [0.3, 0.4) is 0 Å². The molecule has 0 saturated heterocycles. The van der Waals surface area contributed by atoms with Gasteiger partial charge in [0.05, 0.1) is 6.20 Å². The summed E-state index contributed by atoms with van der Waals surface area (Å²) in [5, 5.41) is 3.57. The molecule has 0 aliphatic heterocycles. The maximum atomic E-state index is 13.1. The zero-order valence-corrected chi connectivity index (χ0v) is 10.6. The van der Waals surface area contributed by atoms with Crippen LogP contribution in [0.15, 0.2) is 18.5 Å². The Balaban J connectivity index is 2.00. The monoisotopic (exact) mass is 236 g/mol. The summed E-state index contributed by atoms with van der Waals surface area (Å²) in [6, 6.07) is 2.24. The fourth-order valence-electron chi connectivity index (χ4n) is 2.86. The lowest BCUT2D eigenvalue weighted by Gasteiger charge is -2.45. The van der Waals surface area contributed by atoms with Crippen molar-refractivity contribution in [1.82, 2.24) is 10.3 Å². The highest BCUT2D eigenvalue weighted by molar-refractivity contribution is 5.22. The quantitative estimate of drug-likeness (QED) is 0.849. The molecule has 3 unspecified atom stereocenters. The summed E-state index contributed by atoms with van der Waals surface area (Å²) in [6.45, 7) is 5.47. The first-order valence-corrected chi connectivity index (χ1v) is 6.60. The normalized spacial score (nSPS) is 27.8. The van der Waals surface area contributed by atoms with Crippen molar-refractivity contribution in [2.24, 2.45) is 5.92 Å². The van der Waals surface area contributed by atoms with Crippen LogP contribution in [-0.2, 0) is 0 Å². The van der Waals surface area contributed by atoms with Crippen LogP contribution in [0.2, 0.25) is 0 Å². The number of halogens is 1. The highest BCUT2D eigenvalue weighted by Gasteiger charge is 2.40. The van der Waals surface area contributed by atoms with Gasteiger partial charge in [-0.05, 0) is 42.9 Å². The van der Waals surface area contributed by atoms with Crippen molar-refractivity contribution in [3.63, 3.8) is 0 Å². The molecule has 1 aromatic heterocycles. The molecule has 3 heteroatoms. The van der Waals surface area contributed by atoms with Crippen LogP contribution in [0, 0.1) is 11.7 Å². The van der Waals surface area contributed by atoms with Crippen molar-refractivity contribution in [3.05, 3.63) is 29.8 Å². The second-order valence-corrected chi connectivity index (χ2v) is 4.91. The number of aromatic nitrogens is 1. The van der Waals surface area contributed by atoms with Crippen LogP contribution in [-0.4, -0.2) is 17.6 Å². The summed E-state index contributed by atoms with van der Waals surface area (Å²) in [5.74, 6) is 0.894. The van der Waals surface area contributed by atoms with E-state index in [1.165, 1.54) is 12.6 Å². The highest BCUT2D eigenvalue weighted by Crippen LogP contribution is 2.44. The fraction of sp³-hybridized carbons (Fsp3) is 0.643. The lowest BCUT2D eigenvalue weighted by molar-refractivity contribution is 0.160. The summed E-state index contributed by atoms with van der Waals surface area (Å²) in [7, 11) is 0. The molecular weight excluding hydrogens is 215 g/mol. The van der Waals surface area contributed by atoms with E-state index in [1.807, 2.05) is 6.20 Å². The zero-order chi connectivity index (χ0) is 12.3. The summed E-state index contributed by atoms with van der Waals surface area (Å²) < 4.78 is 13.1. The fourth-order valence-corrected chi connectivity index (χ4v) is 2.86. The maximum absolute atomic E-state index is 13.1. The zero-order valence-electron chi connectivity index (χ0n) is 10.6. The van der Waals surface area contributed by atoms with Gasteiger partial charge in [-0.25, -0.2) is 4.39 Å². The second-order valence-electron chi connectivity index (χ2n) is 4.91. The third-order valence-electron chi connectivity index (χ3n) is 3.82. The van der Waals surface area contributed by atoms with Gasteiger partial charge in [0.15, 0.2) is 0 Å². The van der Waals surface area contributed by atoms with Gasteiger partial charge < -0.3 is 5.32 Å². The molecule has 0 radical (unpaired) electrons. The van der Waals surface area contributed by atoms with E-state index >= 15 is 0 Å². The lowest BCUT2D eigenvalue weighted by Crippen LogP contribution is -2.49. The highest BCUT2D eigenvalue weighted by atomic mass is 19.1. The molecule has 0 spiro atoms. The molecule has 1 aliphatic rings. The van der Waals surface area contributed by atoms with Crippen LogP contribution in [0.25, 0.3) is 0 Å². The van der Waals surface area contributed by atoms with E-state index in [9.17, 15) is 4.39 Å². The Labute approximate surface area is 103 Å². The van der Waals surface area contributed by atoms with E-state index in [-0.39, 0.29) is 5.82 Å². The van der Waals surface area contributed by atoms with E-state index in [0.29, 0.717) is 17.9 Å². The Morgan fingerprint density at radius 2 is 2.24 bits per heavy atom. The topological polar surface area (TPSA) is 24.9 Å². The molecule has 0 bridgehead atoms. The van der Waals surface area contributed by atoms with Crippen molar-refractivity contribution in [1.29, 1.82) is 0 Å². The third-order valence-corrected chi connectivity index (χ3v) is 3.82. The molecule has 1 heterocycles. The van der Waals surface area contributed by atoms with Gasteiger partial charge in [-0.1, -0.05) is 20.3 Å². The molecule has 1 N–H and O–H groups in total. The van der Waals surface area contributed by atoms with E-state index in [4.69, 9.17) is 0 Å². The van der Waals surface area contributed by atoms with E-state index in [2.05, 4.69) is 24.1 Å². The predicted molar refractivity (Wildman–Crippen MR) is 67.4 cm³/mol. The average molecular weight is 236 g/mol. The second kappa shape index (κ2) is 5.58. The van der Waals surface area contributed by atoms with Crippen molar-refractivity contribution in [2.75, 3.05) is 6.54 Å². The SMILES string of the molecule is CCCNC1CC(c2cncc(F)c2)C1CC. The van der Waals surface area contributed by atoms with Crippen LogP contribution in [0.1, 0.15) is 44.6 Å². The number of hydrogen-bond acceptors (Lipinski definition) is 2. The molecule has 94 valence electrons. The van der Waals surface area contributed by atoms with Gasteiger partial charge in [0.1, 0.15) is 5.82 Å². The standard InChI is InChI=1S/C14H21FN2/c1-3-5-17-14-7-13(12(14)4-2)10-6-11(15)9-16-8-10/h6,8-9,12-14,17H,3-5,7H2,1-2H3. The smallest absolute Gasteiger partial charge is 0.141 e. The Hall–Kier alpha value is -0.960. The van der Waals surface area contributed by atoms with Gasteiger partial charge in [0.25, 0.3) is 0 Å². The van der Waals surface area contributed by atoms with E-state index in [1.54, 1.807) is 6.07 Å². The number of nitrogens with zero attached hydrogens (tertiary/aromatic N) is 1. The van der Waals surface area contributed by atoms with Crippen LogP contribution >= 0.6 is 0 Å². The summed E-state index contributed by atoms with van der Waals surface area (Å²) in [4.78, 5) is 3.95. The summed E-state index contributed by atoms with van der Waals surface area (Å²) in [6.07, 6.45) is 6.51. The molecule has 1 saturated carbocycles. The van der Waals surface area contributed by atoms with Gasteiger partial charge in [-0.15, -0.1) is 0 Å². The van der Waals surface area contributed by atoms with Gasteiger partial charge in [0.2, 0.25) is 0 Å². The van der Waals surface area contributed by atoms with Gasteiger partial charge in [0, 0.05) is 12.2 Å². The minimum absolute atomic E-state index is 0.220. The summed E-state index contributed by atoms with van der Waals surface area (Å²) in [5.41, 5.74) is 1.06. The van der Waals surface area contributed by atoms with Crippen molar-refractivity contribution < 1.29 is 4.39 Å². The molecule has 0 amide bonds. The molecule has 3 atom stereocenters. The van der Waals surface area contributed by atoms with Crippen molar-refractivity contribution in [2.45, 2.75) is 45.1 Å². The first kappa shape index (κ1) is 12.5. The van der Waals surface area contributed by atoms with Crippen LogP contribution in [0.4, 0.5) is 4.39 Å². The maximum Gasteiger partial charge on any atom is 0.141 e. The summed E-state index contributed by atoms with van der Waals surface area (Å²) >= 11 is 0. The molecule has 1 fully saturated rings. The van der Waals surface area contributed by atoms with Gasteiger partial charge >= 0.3 is 0 Å². The molecule has 1 aliphatic carbocycles. The first-order chi connectivity index (χ1) is 8.26. The van der Waals surface area contributed by atoms with E-state index < -0.39 is 0 Å². The van der Waals surface area contributed by atoms with Crippen LogP contribution < -0.4 is 5.32 Å². The molecule has 1 aromatic rings. The minimum Gasteiger partial charge on any atom is -0.314 e. The largest absolute Gasteiger partial charge is 0.314 e. The number of rotatable bonds is 5. The average Bonchev–Trinajstić information content (AvgIpc) is 2.28. The van der Waals surface area contributed by atoms with Crippen LogP contribution in [0.5, 0.6) is 0 Å². The molecule has 2 rings (SSSR count). The van der Waals surface area contributed by atoms with Crippen molar-refractivity contribution >= 4 is 0 Å². The molecular formula is C14H21FN2. The number of hydrogen-bond donors (Lipinski definition) is 1. The number of nitrogens with one attached hydrogen (secondary N) is 1. The molecule has 17 heavy (non-hydrogen) atoms. The Kier molecular flexibility index (Phi) is 4.11. The minimum atomic E-state index is -0.220. The third kappa shape index (κ3) is 2.65. The van der Waals surface area contributed by atoms with E-state index in [0.717, 1.165) is 24.9 Å². The first-order valence-electron chi connectivity index (χ1n) is 6.60. The Bertz CT molecular complexity index is 367. The van der Waals surface area contributed by atoms with Gasteiger partial charge in [-0.2, -0.15) is 0 Å². The van der Waals surface area contributed by atoms with Gasteiger partial charge in [-0.3, -0.25) is 4.98 Å².